The molecule has 0 amide bonds. The predicted molar refractivity (Wildman–Crippen MR) is 182 cm³/mol. The van der Waals surface area contributed by atoms with Gasteiger partial charge in [0.2, 0.25) is 0 Å². The number of hydrogen-bond acceptors (Lipinski definition) is 2. The molecule has 43 heavy (non-hydrogen) atoms. The van der Waals surface area contributed by atoms with Crippen LogP contribution in [0.2, 0.25) is 0 Å². The van der Waals surface area contributed by atoms with E-state index in [0.717, 1.165) is 38.7 Å². The number of aromatic nitrogens is 1. The minimum atomic E-state index is 0.249. The van der Waals surface area contributed by atoms with E-state index in [1.165, 1.54) is 43.4 Å². The van der Waals surface area contributed by atoms with Gasteiger partial charge in [-0.2, -0.15) is 0 Å². The fourth-order valence-corrected chi connectivity index (χ4v) is 6.98. The monoisotopic (exact) mass is 547 g/mol. The molecule has 1 heterocycles. The van der Waals surface area contributed by atoms with Crippen LogP contribution in [0.25, 0.3) is 77.0 Å². The van der Waals surface area contributed by atoms with Crippen molar-refractivity contribution in [1.29, 1.82) is 10.8 Å². The van der Waals surface area contributed by atoms with E-state index in [0.29, 0.717) is 0 Å². The second-order valence-corrected chi connectivity index (χ2v) is 11.3. The molecule has 0 saturated heterocycles. The van der Waals surface area contributed by atoms with Crippen molar-refractivity contribution in [2.75, 3.05) is 0 Å². The van der Waals surface area contributed by atoms with Gasteiger partial charge in [0.15, 0.2) is 0 Å². The lowest BCUT2D eigenvalue weighted by molar-refractivity contribution is 1.18. The number of allylic oxidation sites excluding steroid dienone is 1. The fraction of sp³-hybridized carbons (Fsp3) is 0. The summed E-state index contributed by atoms with van der Waals surface area (Å²) in [5.41, 5.74) is 8.04. The Morgan fingerprint density at radius 2 is 1.07 bits per heavy atom. The summed E-state index contributed by atoms with van der Waals surface area (Å²) in [6, 6.07) is 45.7. The van der Waals surface area contributed by atoms with Gasteiger partial charge in [-0.3, -0.25) is 10.8 Å². The number of hydrogen-bond donors (Lipinski definition) is 2. The van der Waals surface area contributed by atoms with Crippen molar-refractivity contribution in [1.82, 2.24) is 4.57 Å². The Morgan fingerprint density at radius 1 is 0.465 bits per heavy atom. The third-order valence-electron chi connectivity index (χ3n) is 8.99. The number of fused-ring (bicyclic) bond motifs is 10. The molecule has 0 radical (unpaired) electrons. The molecular weight excluding hydrogens is 522 g/mol. The van der Waals surface area contributed by atoms with Gasteiger partial charge in [-0.25, -0.2) is 0 Å². The standard InChI is InChI=1S/C40H25N3/c41-34-19-16-27-14-12-26-13-15-29(23-33(26)37(27)40(34)42)28-8-5-9-30(22-28)43-35-20-17-24-6-1-3-10-31(24)38(35)39-32-11-4-2-7-25(32)18-21-36(39)43/h1-23,41-42H. The van der Waals surface area contributed by atoms with E-state index in [1.54, 1.807) is 6.08 Å². The van der Waals surface area contributed by atoms with E-state index >= 15 is 0 Å². The van der Waals surface area contributed by atoms with Crippen LogP contribution in [-0.4, -0.2) is 16.0 Å². The molecular formula is C40H25N3. The summed E-state index contributed by atoms with van der Waals surface area (Å²) < 4.78 is 2.40. The highest BCUT2D eigenvalue weighted by atomic mass is 15.0. The van der Waals surface area contributed by atoms with Gasteiger partial charge in [-0.15, -0.1) is 0 Å². The second-order valence-electron chi connectivity index (χ2n) is 11.3. The first-order valence-electron chi connectivity index (χ1n) is 14.5. The van der Waals surface area contributed by atoms with Gasteiger partial charge in [0.05, 0.1) is 22.5 Å². The summed E-state index contributed by atoms with van der Waals surface area (Å²) in [6.07, 6.45) is 3.65. The van der Waals surface area contributed by atoms with Crippen LogP contribution >= 0.6 is 0 Å². The van der Waals surface area contributed by atoms with E-state index in [4.69, 9.17) is 10.8 Å². The summed E-state index contributed by atoms with van der Waals surface area (Å²) in [4.78, 5) is 0. The molecule has 9 rings (SSSR count). The average molecular weight is 548 g/mol. The SMILES string of the molecule is N=C1C=Cc2ccc3ccc(-c4cccc(-n5c6ccc7ccccc7c6c6c7ccccc7ccc65)c4)cc3c2C1=N. The van der Waals surface area contributed by atoms with Gasteiger partial charge in [0.25, 0.3) is 0 Å². The van der Waals surface area contributed by atoms with E-state index in [2.05, 4.69) is 126 Å². The van der Waals surface area contributed by atoms with Gasteiger partial charge in [0, 0.05) is 22.0 Å². The molecule has 2 N–H and O–H groups in total. The topological polar surface area (TPSA) is 52.6 Å². The molecule has 0 fully saturated rings. The zero-order valence-electron chi connectivity index (χ0n) is 23.2. The van der Waals surface area contributed by atoms with E-state index < -0.39 is 0 Å². The van der Waals surface area contributed by atoms with Crippen molar-refractivity contribution in [3.63, 3.8) is 0 Å². The Labute approximate surface area is 248 Å². The number of benzene rings is 7. The summed E-state index contributed by atoms with van der Waals surface area (Å²) in [6.45, 7) is 0. The van der Waals surface area contributed by atoms with Crippen molar-refractivity contribution < 1.29 is 0 Å². The number of rotatable bonds is 2. The highest BCUT2D eigenvalue weighted by Gasteiger charge is 2.19. The molecule has 1 aromatic heterocycles. The molecule has 0 unspecified atom stereocenters. The van der Waals surface area contributed by atoms with Crippen LogP contribution in [0.5, 0.6) is 0 Å². The number of nitrogens with one attached hydrogen (secondary N) is 2. The summed E-state index contributed by atoms with van der Waals surface area (Å²) in [5, 5.41) is 26.5. The molecule has 0 atom stereocenters. The molecule has 1 aliphatic rings. The summed E-state index contributed by atoms with van der Waals surface area (Å²) >= 11 is 0. The molecule has 0 bridgehead atoms. The molecule has 3 heteroatoms. The van der Waals surface area contributed by atoms with Crippen LogP contribution in [0.4, 0.5) is 0 Å². The minimum absolute atomic E-state index is 0.249. The van der Waals surface area contributed by atoms with Crippen molar-refractivity contribution >= 4 is 71.6 Å². The number of nitrogens with zero attached hydrogens (tertiary/aromatic N) is 1. The molecule has 0 spiro atoms. The molecule has 8 aromatic rings. The normalized spacial score (nSPS) is 13.1. The van der Waals surface area contributed by atoms with Crippen LogP contribution < -0.4 is 0 Å². The highest BCUT2D eigenvalue weighted by molar-refractivity contribution is 6.53. The lowest BCUT2D eigenvalue weighted by Crippen LogP contribution is -2.16. The van der Waals surface area contributed by atoms with Gasteiger partial charge in [-0.05, 0) is 85.4 Å². The van der Waals surface area contributed by atoms with E-state index in [-0.39, 0.29) is 11.4 Å². The first-order valence-corrected chi connectivity index (χ1v) is 14.5. The van der Waals surface area contributed by atoms with Gasteiger partial charge >= 0.3 is 0 Å². The van der Waals surface area contributed by atoms with Gasteiger partial charge in [-0.1, -0.05) is 103 Å². The predicted octanol–water partition coefficient (Wildman–Crippen LogP) is 10.3. The largest absolute Gasteiger partial charge is 0.309 e. The summed E-state index contributed by atoms with van der Waals surface area (Å²) in [5.74, 6) is 0. The van der Waals surface area contributed by atoms with Gasteiger partial charge in [0.1, 0.15) is 0 Å². The van der Waals surface area contributed by atoms with E-state index in [9.17, 15) is 0 Å². The Kier molecular flexibility index (Phi) is 4.91. The maximum Gasteiger partial charge on any atom is 0.0873 e. The molecule has 0 saturated carbocycles. The van der Waals surface area contributed by atoms with Crippen molar-refractivity contribution in [2.24, 2.45) is 0 Å². The maximum absolute atomic E-state index is 8.65. The highest BCUT2D eigenvalue weighted by Crippen LogP contribution is 2.41. The second kappa shape index (κ2) is 8.85. The third-order valence-corrected chi connectivity index (χ3v) is 8.99. The smallest absolute Gasteiger partial charge is 0.0873 e. The molecule has 0 aliphatic heterocycles. The molecule has 200 valence electrons. The molecule has 3 nitrogen and oxygen atoms in total. The fourth-order valence-electron chi connectivity index (χ4n) is 6.98. The zero-order valence-corrected chi connectivity index (χ0v) is 23.2. The van der Waals surface area contributed by atoms with E-state index in [1.807, 2.05) is 12.1 Å². The van der Waals surface area contributed by atoms with Crippen molar-refractivity contribution in [2.45, 2.75) is 0 Å². The average Bonchev–Trinajstić information content (AvgIpc) is 3.41. The Hall–Kier alpha value is -5.80. The third kappa shape index (κ3) is 3.42. The molecule has 1 aliphatic carbocycles. The Bertz CT molecular complexity index is 2450. The summed E-state index contributed by atoms with van der Waals surface area (Å²) in [7, 11) is 0. The lowest BCUT2D eigenvalue weighted by atomic mass is 9.88. The zero-order chi connectivity index (χ0) is 28.7. The van der Waals surface area contributed by atoms with Crippen LogP contribution in [0.3, 0.4) is 0 Å². The van der Waals surface area contributed by atoms with Crippen LogP contribution in [0.15, 0.2) is 133 Å². The first kappa shape index (κ1) is 23.9. The van der Waals surface area contributed by atoms with Crippen LogP contribution in [0.1, 0.15) is 11.1 Å². The lowest BCUT2D eigenvalue weighted by Gasteiger charge is -2.16. The minimum Gasteiger partial charge on any atom is -0.309 e. The quantitative estimate of drug-likeness (QED) is 0.216. The van der Waals surface area contributed by atoms with Crippen LogP contribution in [-0.2, 0) is 0 Å². The van der Waals surface area contributed by atoms with Gasteiger partial charge < -0.3 is 4.57 Å². The Balaban J connectivity index is 1.31. The maximum atomic E-state index is 8.65. The van der Waals surface area contributed by atoms with Crippen LogP contribution in [0, 0.1) is 10.8 Å². The molecule has 7 aromatic carbocycles. The van der Waals surface area contributed by atoms with Crippen molar-refractivity contribution in [3.8, 4) is 16.8 Å². The first-order chi connectivity index (χ1) is 21.2. The van der Waals surface area contributed by atoms with Crippen molar-refractivity contribution in [3.05, 3.63) is 145 Å². The Morgan fingerprint density at radius 3 is 1.79 bits per heavy atom.